The number of fused-ring (bicyclic) bond motifs is 1. The minimum atomic E-state index is -0.946. The molecule has 1 fully saturated rings. The summed E-state index contributed by atoms with van der Waals surface area (Å²) in [5.74, 6) is -0.319. The fraction of sp³-hybridized carbons (Fsp3) is 0.562. The predicted molar refractivity (Wildman–Crippen MR) is 80.4 cm³/mol. The Bertz CT molecular complexity index is 644. The molecule has 0 saturated heterocycles. The summed E-state index contributed by atoms with van der Waals surface area (Å²) < 4.78 is 1.96. The highest BCUT2D eigenvalue weighted by Gasteiger charge is 2.26. The number of benzene rings is 1. The van der Waals surface area contributed by atoms with E-state index in [1.165, 1.54) is 32.1 Å². The van der Waals surface area contributed by atoms with Crippen LogP contribution in [0.25, 0.3) is 11.0 Å². The van der Waals surface area contributed by atoms with E-state index in [0.29, 0.717) is 17.5 Å². The molecule has 0 bridgehead atoms. The van der Waals surface area contributed by atoms with Gasteiger partial charge in [-0.05, 0) is 37.3 Å². The highest BCUT2D eigenvalue weighted by Crippen LogP contribution is 2.35. The van der Waals surface area contributed by atoms with Gasteiger partial charge in [-0.1, -0.05) is 37.5 Å². The third kappa shape index (κ3) is 2.52. The molecule has 1 unspecified atom stereocenters. The lowest BCUT2D eigenvalue weighted by Gasteiger charge is -2.29. The summed E-state index contributed by atoms with van der Waals surface area (Å²) in [6, 6.07) is 5.61. The Hall–Kier alpha value is -1.91. The normalized spacial score (nSPS) is 18.0. The molecule has 3 rings (SSSR count). The van der Waals surface area contributed by atoms with Gasteiger partial charge in [-0.2, -0.15) is 0 Å². The molecule has 0 spiro atoms. The molecular formula is C16H21N3O2. The molecule has 5 nitrogen and oxygen atoms in total. The summed E-state index contributed by atoms with van der Waals surface area (Å²) in [4.78, 5) is 11.3. The Morgan fingerprint density at radius 1 is 1.38 bits per heavy atom. The number of hydrogen-bond acceptors (Lipinski definition) is 3. The van der Waals surface area contributed by atoms with Gasteiger partial charge in [-0.25, -0.2) is 9.48 Å². The van der Waals surface area contributed by atoms with Gasteiger partial charge >= 0.3 is 5.97 Å². The van der Waals surface area contributed by atoms with Crippen molar-refractivity contribution in [1.29, 1.82) is 0 Å². The number of rotatable bonds is 4. The van der Waals surface area contributed by atoms with Crippen molar-refractivity contribution in [3.8, 4) is 0 Å². The van der Waals surface area contributed by atoms with Crippen molar-refractivity contribution in [2.75, 3.05) is 0 Å². The molecule has 2 aromatic rings. The zero-order chi connectivity index (χ0) is 14.8. The quantitative estimate of drug-likeness (QED) is 0.931. The molecule has 1 aromatic carbocycles. The first kappa shape index (κ1) is 14.0. The van der Waals surface area contributed by atoms with Gasteiger partial charge in [-0.15, -0.1) is 5.10 Å². The first-order valence-corrected chi connectivity index (χ1v) is 7.79. The largest absolute Gasteiger partial charge is 0.478 e. The summed E-state index contributed by atoms with van der Waals surface area (Å²) >= 11 is 0. The van der Waals surface area contributed by atoms with Gasteiger partial charge in [0.2, 0.25) is 0 Å². The van der Waals surface area contributed by atoms with Crippen molar-refractivity contribution in [1.82, 2.24) is 15.0 Å². The number of nitrogens with zero attached hydrogens (tertiary/aromatic N) is 3. The molecule has 112 valence electrons. The van der Waals surface area contributed by atoms with Crippen molar-refractivity contribution >= 4 is 17.0 Å². The predicted octanol–water partition coefficient (Wildman–Crippen LogP) is 3.66. The highest BCUT2D eigenvalue weighted by molar-refractivity contribution is 6.00. The van der Waals surface area contributed by atoms with Crippen molar-refractivity contribution in [3.05, 3.63) is 23.8 Å². The third-order valence-electron chi connectivity index (χ3n) is 4.66. The Balaban J connectivity index is 2.02. The lowest BCUT2D eigenvalue weighted by atomic mass is 9.83. The fourth-order valence-corrected chi connectivity index (χ4v) is 3.60. The van der Waals surface area contributed by atoms with Gasteiger partial charge in [0.15, 0.2) is 0 Å². The summed E-state index contributed by atoms with van der Waals surface area (Å²) in [7, 11) is 0. The molecule has 1 aromatic heterocycles. The SMILES string of the molecule is CCC(C1CCCCC1)n1nnc2c(C(=O)O)cccc21. The molecule has 1 aliphatic carbocycles. The van der Waals surface area contributed by atoms with Crippen LogP contribution in [0.2, 0.25) is 0 Å². The second kappa shape index (κ2) is 5.84. The van der Waals surface area contributed by atoms with Crippen LogP contribution >= 0.6 is 0 Å². The lowest BCUT2D eigenvalue weighted by molar-refractivity contribution is 0.0699. The van der Waals surface area contributed by atoms with Gasteiger partial charge in [0, 0.05) is 0 Å². The monoisotopic (exact) mass is 287 g/mol. The van der Waals surface area contributed by atoms with Crippen LogP contribution in [0.3, 0.4) is 0 Å². The molecule has 0 aliphatic heterocycles. The summed E-state index contributed by atoms with van der Waals surface area (Å²) in [5, 5.41) is 17.7. The minimum absolute atomic E-state index is 0.234. The second-order valence-electron chi connectivity index (χ2n) is 5.89. The van der Waals surface area contributed by atoms with E-state index < -0.39 is 5.97 Å². The zero-order valence-electron chi connectivity index (χ0n) is 12.3. The van der Waals surface area contributed by atoms with Gasteiger partial charge in [0.25, 0.3) is 0 Å². The molecule has 5 heteroatoms. The summed E-state index contributed by atoms with van der Waals surface area (Å²) in [6.07, 6.45) is 7.37. The molecule has 1 N–H and O–H groups in total. The number of aromatic nitrogens is 3. The average molecular weight is 287 g/mol. The Morgan fingerprint density at radius 3 is 2.81 bits per heavy atom. The minimum Gasteiger partial charge on any atom is -0.478 e. The van der Waals surface area contributed by atoms with Crippen LogP contribution < -0.4 is 0 Å². The first-order valence-electron chi connectivity index (χ1n) is 7.79. The zero-order valence-corrected chi connectivity index (χ0v) is 12.3. The average Bonchev–Trinajstić information content (AvgIpc) is 2.93. The summed E-state index contributed by atoms with van der Waals surface area (Å²) in [6.45, 7) is 2.17. The third-order valence-corrected chi connectivity index (χ3v) is 4.66. The van der Waals surface area contributed by atoms with Gasteiger partial charge < -0.3 is 5.11 Å². The van der Waals surface area contributed by atoms with Crippen molar-refractivity contribution in [2.24, 2.45) is 5.92 Å². The Labute approximate surface area is 124 Å². The van der Waals surface area contributed by atoms with Gasteiger partial charge in [0.05, 0.1) is 17.1 Å². The molecule has 1 aliphatic rings. The first-order chi connectivity index (χ1) is 10.2. The maximum absolute atomic E-state index is 11.3. The maximum Gasteiger partial charge on any atom is 0.338 e. The Kier molecular flexibility index (Phi) is 3.90. The number of carboxylic acids is 1. The van der Waals surface area contributed by atoms with E-state index in [2.05, 4.69) is 17.2 Å². The van der Waals surface area contributed by atoms with Crippen molar-refractivity contribution in [3.63, 3.8) is 0 Å². The fourth-order valence-electron chi connectivity index (χ4n) is 3.60. The van der Waals surface area contributed by atoms with Gasteiger partial charge in [0.1, 0.15) is 5.52 Å². The number of hydrogen-bond donors (Lipinski definition) is 1. The standard InChI is InChI=1S/C16H21N3O2/c1-2-13(11-7-4-3-5-8-11)19-14-10-6-9-12(16(20)21)15(14)17-18-19/h6,9-11,13H,2-5,7-8H2,1H3,(H,20,21). The van der Waals surface area contributed by atoms with E-state index in [1.54, 1.807) is 12.1 Å². The van der Waals surface area contributed by atoms with Crippen LogP contribution in [0.5, 0.6) is 0 Å². The molecular weight excluding hydrogens is 266 g/mol. The number of carboxylic acid groups (broad SMARTS) is 1. The van der Waals surface area contributed by atoms with Crippen LogP contribution in [0.4, 0.5) is 0 Å². The molecule has 1 atom stereocenters. The van der Waals surface area contributed by atoms with Crippen molar-refractivity contribution < 1.29 is 9.90 Å². The van der Waals surface area contributed by atoms with E-state index in [-0.39, 0.29) is 5.56 Å². The van der Waals surface area contributed by atoms with E-state index in [4.69, 9.17) is 0 Å². The van der Waals surface area contributed by atoms with Crippen LogP contribution in [-0.2, 0) is 0 Å². The molecule has 0 amide bonds. The Morgan fingerprint density at radius 2 is 2.14 bits per heavy atom. The lowest BCUT2D eigenvalue weighted by Crippen LogP contribution is -2.22. The number of aromatic carboxylic acids is 1. The van der Waals surface area contributed by atoms with Crippen molar-refractivity contribution in [2.45, 2.75) is 51.5 Å². The van der Waals surface area contributed by atoms with Gasteiger partial charge in [-0.3, -0.25) is 0 Å². The number of carbonyl (C=O) groups is 1. The smallest absolute Gasteiger partial charge is 0.338 e. The van der Waals surface area contributed by atoms with E-state index >= 15 is 0 Å². The second-order valence-corrected chi connectivity index (χ2v) is 5.89. The maximum atomic E-state index is 11.3. The molecule has 1 saturated carbocycles. The van der Waals surface area contributed by atoms with E-state index in [0.717, 1.165) is 11.9 Å². The van der Waals surface area contributed by atoms with E-state index in [1.807, 2.05) is 10.7 Å². The topological polar surface area (TPSA) is 68.0 Å². The molecule has 21 heavy (non-hydrogen) atoms. The van der Waals surface area contributed by atoms with E-state index in [9.17, 15) is 9.90 Å². The molecule has 0 radical (unpaired) electrons. The van der Waals surface area contributed by atoms with Crippen LogP contribution in [-0.4, -0.2) is 26.1 Å². The van der Waals surface area contributed by atoms with Crippen LogP contribution in [0.15, 0.2) is 18.2 Å². The van der Waals surface area contributed by atoms with Crippen LogP contribution in [0.1, 0.15) is 61.8 Å². The molecule has 1 heterocycles. The summed E-state index contributed by atoms with van der Waals surface area (Å²) in [5.41, 5.74) is 1.57. The van der Waals surface area contributed by atoms with Crippen LogP contribution in [0, 0.1) is 5.92 Å². The highest BCUT2D eigenvalue weighted by atomic mass is 16.4.